The Hall–Kier alpha value is -3.80. The number of rotatable bonds is 3. The zero-order valence-corrected chi connectivity index (χ0v) is 14.6. The summed E-state index contributed by atoms with van der Waals surface area (Å²) in [5.74, 6) is -0.379. The summed E-state index contributed by atoms with van der Waals surface area (Å²) >= 11 is 0. The molecule has 0 aliphatic heterocycles. The lowest BCUT2D eigenvalue weighted by Gasteiger charge is -2.08. The van der Waals surface area contributed by atoms with Crippen LogP contribution in [0, 0.1) is 0 Å². The monoisotopic (exact) mass is 356 g/mol. The SMILES string of the molecule is CC(=O)Nc1ccc(NC(=O)c2ccc3nc4ccccc4nc3c2)cc1. The van der Waals surface area contributed by atoms with Crippen LogP contribution in [0.25, 0.3) is 22.1 Å². The van der Waals surface area contributed by atoms with Gasteiger partial charge in [-0.3, -0.25) is 9.59 Å². The quantitative estimate of drug-likeness (QED) is 0.544. The molecule has 0 bridgehead atoms. The van der Waals surface area contributed by atoms with Gasteiger partial charge in [0.25, 0.3) is 5.91 Å². The minimum Gasteiger partial charge on any atom is -0.326 e. The van der Waals surface area contributed by atoms with Gasteiger partial charge in [0.05, 0.1) is 22.1 Å². The van der Waals surface area contributed by atoms with Gasteiger partial charge in [-0.15, -0.1) is 0 Å². The van der Waals surface area contributed by atoms with Crippen LogP contribution in [0.4, 0.5) is 11.4 Å². The van der Waals surface area contributed by atoms with Crippen LogP contribution in [0.1, 0.15) is 17.3 Å². The maximum absolute atomic E-state index is 12.6. The number of anilines is 2. The van der Waals surface area contributed by atoms with Crippen LogP contribution >= 0.6 is 0 Å². The highest BCUT2D eigenvalue weighted by molar-refractivity contribution is 6.06. The average molecular weight is 356 g/mol. The van der Waals surface area contributed by atoms with Crippen LogP contribution in [0.2, 0.25) is 0 Å². The van der Waals surface area contributed by atoms with Crippen molar-refractivity contribution < 1.29 is 9.59 Å². The molecule has 0 spiro atoms. The minimum absolute atomic E-state index is 0.142. The maximum atomic E-state index is 12.6. The normalized spacial score (nSPS) is 10.7. The van der Waals surface area contributed by atoms with E-state index in [0.29, 0.717) is 22.5 Å². The van der Waals surface area contributed by atoms with Gasteiger partial charge in [0.1, 0.15) is 0 Å². The summed E-state index contributed by atoms with van der Waals surface area (Å²) in [5.41, 5.74) is 4.83. The number of hydrogen-bond acceptors (Lipinski definition) is 4. The van der Waals surface area contributed by atoms with Crippen molar-refractivity contribution in [3.05, 3.63) is 72.3 Å². The van der Waals surface area contributed by atoms with Crippen LogP contribution in [0.3, 0.4) is 0 Å². The van der Waals surface area contributed by atoms with E-state index in [9.17, 15) is 9.59 Å². The Balaban J connectivity index is 1.58. The van der Waals surface area contributed by atoms with Crippen LogP contribution in [-0.2, 0) is 4.79 Å². The molecule has 3 aromatic carbocycles. The van der Waals surface area contributed by atoms with Crippen molar-refractivity contribution in [2.24, 2.45) is 0 Å². The predicted molar refractivity (Wildman–Crippen MR) is 106 cm³/mol. The Bertz CT molecular complexity index is 1170. The van der Waals surface area contributed by atoms with Crippen LogP contribution in [0.5, 0.6) is 0 Å². The molecular formula is C21H16N4O2. The number of aromatic nitrogens is 2. The van der Waals surface area contributed by atoms with Crippen molar-refractivity contribution in [2.45, 2.75) is 6.92 Å². The molecule has 27 heavy (non-hydrogen) atoms. The third kappa shape index (κ3) is 3.59. The van der Waals surface area contributed by atoms with E-state index in [2.05, 4.69) is 20.6 Å². The molecule has 0 saturated heterocycles. The first-order valence-electron chi connectivity index (χ1n) is 8.44. The maximum Gasteiger partial charge on any atom is 0.255 e. The molecule has 132 valence electrons. The summed E-state index contributed by atoms with van der Waals surface area (Å²) < 4.78 is 0. The number of nitrogens with one attached hydrogen (secondary N) is 2. The van der Waals surface area contributed by atoms with Gasteiger partial charge in [-0.2, -0.15) is 0 Å². The molecule has 0 aliphatic rings. The zero-order valence-electron chi connectivity index (χ0n) is 14.6. The molecular weight excluding hydrogens is 340 g/mol. The second-order valence-electron chi connectivity index (χ2n) is 6.13. The zero-order chi connectivity index (χ0) is 18.8. The van der Waals surface area contributed by atoms with Gasteiger partial charge in [0, 0.05) is 23.9 Å². The number of benzene rings is 3. The molecule has 0 aliphatic carbocycles. The van der Waals surface area contributed by atoms with Gasteiger partial charge in [-0.25, -0.2) is 9.97 Å². The molecule has 6 heteroatoms. The lowest BCUT2D eigenvalue weighted by Crippen LogP contribution is -2.12. The van der Waals surface area contributed by atoms with E-state index in [-0.39, 0.29) is 11.8 Å². The molecule has 1 heterocycles. The van der Waals surface area contributed by atoms with E-state index in [1.54, 1.807) is 42.5 Å². The van der Waals surface area contributed by atoms with Crippen molar-refractivity contribution in [3.63, 3.8) is 0 Å². The van der Waals surface area contributed by atoms with Crippen LogP contribution < -0.4 is 10.6 Å². The molecule has 2 amide bonds. The number of carbonyl (C=O) groups is 2. The van der Waals surface area contributed by atoms with E-state index >= 15 is 0 Å². The van der Waals surface area contributed by atoms with Crippen molar-refractivity contribution >= 4 is 45.3 Å². The number of hydrogen-bond donors (Lipinski definition) is 2. The Kier molecular flexibility index (Phi) is 4.22. The number of amides is 2. The van der Waals surface area contributed by atoms with Crippen molar-refractivity contribution in [1.82, 2.24) is 9.97 Å². The topological polar surface area (TPSA) is 84.0 Å². The third-order valence-corrected chi connectivity index (χ3v) is 4.06. The molecule has 4 rings (SSSR count). The number of nitrogens with zero attached hydrogens (tertiary/aromatic N) is 2. The number of carbonyl (C=O) groups excluding carboxylic acids is 2. The summed E-state index contributed by atoms with van der Waals surface area (Å²) in [7, 11) is 0. The standard InChI is InChI=1S/C21H16N4O2/c1-13(26)22-15-7-9-16(10-8-15)23-21(27)14-6-11-19-20(12-14)25-18-5-3-2-4-17(18)24-19/h2-12H,1H3,(H,22,26)(H,23,27). The molecule has 1 aromatic heterocycles. The van der Waals surface area contributed by atoms with E-state index in [1.807, 2.05) is 24.3 Å². The first-order chi connectivity index (χ1) is 13.1. The number of para-hydroxylation sites is 2. The summed E-state index contributed by atoms with van der Waals surface area (Å²) in [6.07, 6.45) is 0. The van der Waals surface area contributed by atoms with Gasteiger partial charge in [-0.05, 0) is 54.6 Å². The largest absolute Gasteiger partial charge is 0.326 e. The van der Waals surface area contributed by atoms with Crippen LogP contribution in [-0.4, -0.2) is 21.8 Å². The predicted octanol–water partition coefficient (Wildman–Crippen LogP) is 3.99. The molecule has 0 atom stereocenters. The van der Waals surface area contributed by atoms with Gasteiger partial charge < -0.3 is 10.6 Å². The first kappa shape index (κ1) is 16.7. The van der Waals surface area contributed by atoms with E-state index in [0.717, 1.165) is 16.6 Å². The van der Waals surface area contributed by atoms with Crippen LogP contribution in [0.15, 0.2) is 66.7 Å². The molecule has 0 unspecified atom stereocenters. The van der Waals surface area contributed by atoms with Gasteiger partial charge in [0.2, 0.25) is 5.91 Å². The van der Waals surface area contributed by atoms with Gasteiger partial charge >= 0.3 is 0 Å². The van der Waals surface area contributed by atoms with Crippen molar-refractivity contribution in [1.29, 1.82) is 0 Å². The fraction of sp³-hybridized carbons (Fsp3) is 0.0476. The summed E-state index contributed by atoms with van der Waals surface area (Å²) in [5, 5.41) is 5.53. The molecule has 0 saturated carbocycles. The van der Waals surface area contributed by atoms with E-state index in [4.69, 9.17) is 0 Å². The smallest absolute Gasteiger partial charge is 0.255 e. The Morgan fingerprint density at radius 3 is 1.89 bits per heavy atom. The third-order valence-electron chi connectivity index (χ3n) is 4.06. The number of fused-ring (bicyclic) bond motifs is 2. The second kappa shape index (κ2) is 6.84. The molecule has 4 aromatic rings. The Morgan fingerprint density at radius 2 is 1.26 bits per heavy atom. The lowest BCUT2D eigenvalue weighted by atomic mass is 10.1. The van der Waals surface area contributed by atoms with E-state index < -0.39 is 0 Å². The molecule has 0 fully saturated rings. The molecule has 2 N–H and O–H groups in total. The van der Waals surface area contributed by atoms with E-state index in [1.165, 1.54) is 6.92 Å². The second-order valence-corrected chi connectivity index (χ2v) is 6.13. The van der Waals surface area contributed by atoms with Crippen molar-refractivity contribution in [3.8, 4) is 0 Å². The van der Waals surface area contributed by atoms with Gasteiger partial charge in [-0.1, -0.05) is 12.1 Å². The van der Waals surface area contributed by atoms with Crippen molar-refractivity contribution in [2.75, 3.05) is 10.6 Å². The minimum atomic E-state index is -0.237. The lowest BCUT2D eigenvalue weighted by molar-refractivity contribution is -0.114. The molecule has 0 radical (unpaired) electrons. The summed E-state index contributed by atoms with van der Waals surface area (Å²) in [6.45, 7) is 1.45. The fourth-order valence-corrected chi connectivity index (χ4v) is 2.80. The summed E-state index contributed by atoms with van der Waals surface area (Å²) in [6, 6.07) is 19.8. The van der Waals surface area contributed by atoms with Gasteiger partial charge in [0.15, 0.2) is 0 Å². The Labute approximate surface area is 155 Å². The molecule has 6 nitrogen and oxygen atoms in total. The highest BCUT2D eigenvalue weighted by Crippen LogP contribution is 2.19. The Morgan fingerprint density at radius 1 is 0.704 bits per heavy atom. The fourth-order valence-electron chi connectivity index (χ4n) is 2.80. The first-order valence-corrected chi connectivity index (χ1v) is 8.44. The summed E-state index contributed by atoms with van der Waals surface area (Å²) in [4.78, 5) is 32.8. The highest BCUT2D eigenvalue weighted by atomic mass is 16.2. The average Bonchev–Trinajstić information content (AvgIpc) is 2.67. The highest BCUT2D eigenvalue weighted by Gasteiger charge is 2.09.